The molecule has 146 valence electrons. The molecule has 1 fully saturated rings. The van der Waals surface area contributed by atoms with Crippen molar-refractivity contribution in [3.63, 3.8) is 0 Å². The lowest BCUT2D eigenvalue weighted by molar-refractivity contribution is -0.127. The fourth-order valence-electron chi connectivity index (χ4n) is 3.29. The summed E-state index contributed by atoms with van der Waals surface area (Å²) in [5.41, 5.74) is 1.00. The molecule has 7 heteroatoms. The fraction of sp³-hybridized carbons (Fsp3) is 0.550. The van der Waals surface area contributed by atoms with Crippen molar-refractivity contribution in [3.05, 3.63) is 29.3 Å². The number of carbonyl (C=O) groups is 1. The summed E-state index contributed by atoms with van der Waals surface area (Å²) in [6.07, 6.45) is 6.94. The van der Waals surface area contributed by atoms with Crippen molar-refractivity contribution in [1.82, 2.24) is 19.7 Å². The highest BCUT2D eigenvalue weighted by Crippen LogP contribution is 2.26. The monoisotopic (exact) mass is 406 g/mol. The number of nitrogens with zero attached hydrogens (tertiary/aromatic N) is 4. The lowest BCUT2D eigenvalue weighted by Crippen LogP contribution is -2.29. The second kappa shape index (κ2) is 10.1. The summed E-state index contributed by atoms with van der Waals surface area (Å²) in [5, 5.41) is 10.3. The smallest absolute Gasteiger partial charge is 0.233 e. The number of aromatic nitrogens is 3. The van der Waals surface area contributed by atoms with Gasteiger partial charge in [-0.15, -0.1) is 10.2 Å². The lowest BCUT2D eigenvalue weighted by Gasteiger charge is -2.15. The Hall–Kier alpha value is -1.53. The first kappa shape index (κ1) is 20.2. The zero-order chi connectivity index (χ0) is 19.1. The van der Waals surface area contributed by atoms with Gasteiger partial charge in [-0.3, -0.25) is 4.79 Å². The van der Waals surface area contributed by atoms with Crippen molar-refractivity contribution in [2.24, 2.45) is 0 Å². The van der Waals surface area contributed by atoms with Crippen LogP contribution in [0.15, 0.2) is 29.4 Å². The number of benzene rings is 1. The van der Waals surface area contributed by atoms with Crippen LogP contribution in [-0.4, -0.2) is 44.4 Å². The number of carbonyl (C=O) groups excluding carboxylic acids is 1. The van der Waals surface area contributed by atoms with Crippen molar-refractivity contribution < 1.29 is 4.79 Å². The number of rotatable bonds is 9. The van der Waals surface area contributed by atoms with Gasteiger partial charge in [0, 0.05) is 30.2 Å². The van der Waals surface area contributed by atoms with E-state index < -0.39 is 0 Å². The molecule has 2 heterocycles. The molecule has 0 spiro atoms. The molecule has 27 heavy (non-hydrogen) atoms. The van der Waals surface area contributed by atoms with Crippen molar-refractivity contribution >= 4 is 29.3 Å². The van der Waals surface area contributed by atoms with E-state index in [0.29, 0.717) is 10.8 Å². The Labute approximate surface area is 170 Å². The normalized spacial score (nSPS) is 14.1. The van der Waals surface area contributed by atoms with Crippen LogP contribution in [0.2, 0.25) is 5.02 Å². The van der Waals surface area contributed by atoms with Crippen LogP contribution in [0.3, 0.4) is 0 Å². The SMILES string of the molecule is CCCCCCn1c(SCC(=O)N2CCCC2)nnc1-c1ccc(Cl)cc1. The number of amides is 1. The minimum atomic E-state index is 0.200. The Bertz CT molecular complexity index is 741. The van der Waals surface area contributed by atoms with E-state index >= 15 is 0 Å². The third-order valence-corrected chi connectivity index (χ3v) is 6.04. The highest BCUT2D eigenvalue weighted by atomic mass is 35.5. The van der Waals surface area contributed by atoms with Gasteiger partial charge in [0.05, 0.1) is 5.75 Å². The molecule has 0 radical (unpaired) electrons. The minimum Gasteiger partial charge on any atom is -0.342 e. The second-order valence-electron chi connectivity index (χ2n) is 6.90. The number of unbranched alkanes of at least 4 members (excludes halogenated alkanes) is 3. The van der Waals surface area contributed by atoms with Gasteiger partial charge < -0.3 is 9.47 Å². The average Bonchev–Trinajstić information content (AvgIpc) is 3.34. The van der Waals surface area contributed by atoms with E-state index in [-0.39, 0.29) is 5.91 Å². The van der Waals surface area contributed by atoms with E-state index in [2.05, 4.69) is 21.7 Å². The van der Waals surface area contributed by atoms with E-state index in [1.807, 2.05) is 29.2 Å². The van der Waals surface area contributed by atoms with Crippen molar-refractivity contribution in [2.45, 2.75) is 57.1 Å². The van der Waals surface area contributed by atoms with Crippen molar-refractivity contribution in [1.29, 1.82) is 0 Å². The molecular formula is C20H27ClN4OS. The molecule has 0 bridgehead atoms. The standard InChI is InChI=1S/C20H27ClN4OS/c1-2-3-4-5-14-25-19(16-8-10-17(21)11-9-16)22-23-20(25)27-15-18(26)24-12-6-7-13-24/h8-11H,2-7,12-15H2,1H3. The third kappa shape index (κ3) is 5.48. The zero-order valence-electron chi connectivity index (χ0n) is 15.9. The van der Waals surface area contributed by atoms with E-state index in [1.54, 1.807) is 0 Å². The highest BCUT2D eigenvalue weighted by molar-refractivity contribution is 7.99. The number of thioether (sulfide) groups is 1. The van der Waals surface area contributed by atoms with E-state index in [4.69, 9.17) is 11.6 Å². The highest BCUT2D eigenvalue weighted by Gasteiger charge is 2.20. The van der Waals surface area contributed by atoms with E-state index in [0.717, 1.165) is 55.4 Å². The maximum absolute atomic E-state index is 12.4. The molecule has 0 saturated carbocycles. The van der Waals surface area contributed by atoms with Gasteiger partial charge in [0.25, 0.3) is 0 Å². The van der Waals surface area contributed by atoms with E-state index in [1.165, 1.54) is 31.0 Å². The first-order valence-corrected chi connectivity index (χ1v) is 11.1. The molecule has 1 aromatic heterocycles. The predicted molar refractivity (Wildman–Crippen MR) is 111 cm³/mol. The molecule has 1 saturated heterocycles. The quantitative estimate of drug-likeness (QED) is 0.439. The van der Waals surface area contributed by atoms with Crippen LogP contribution in [0, 0.1) is 0 Å². The van der Waals surface area contributed by atoms with Gasteiger partial charge in [0.15, 0.2) is 11.0 Å². The topological polar surface area (TPSA) is 51.0 Å². The van der Waals surface area contributed by atoms with Gasteiger partial charge in [-0.1, -0.05) is 49.5 Å². The van der Waals surface area contributed by atoms with Crippen LogP contribution >= 0.6 is 23.4 Å². The molecule has 0 atom stereocenters. The summed E-state index contributed by atoms with van der Waals surface area (Å²) < 4.78 is 2.15. The van der Waals surface area contributed by atoms with Crippen LogP contribution < -0.4 is 0 Å². The molecule has 1 aromatic carbocycles. The lowest BCUT2D eigenvalue weighted by atomic mass is 10.2. The Kier molecular flexibility index (Phi) is 7.59. The molecule has 0 aliphatic carbocycles. The first-order valence-electron chi connectivity index (χ1n) is 9.78. The van der Waals surface area contributed by atoms with Gasteiger partial charge in [0.1, 0.15) is 0 Å². The summed E-state index contributed by atoms with van der Waals surface area (Å²) in [6, 6.07) is 7.69. The van der Waals surface area contributed by atoms with Crippen molar-refractivity contribution in [2.75, 3.05) is 18.8 Å². The Morgan fingerprint density at radius 3 is 2.56 bits per heavy atom. The summed E-state index contributed by atoms with van der Waals surface area (Å²) >= 11 is 7.52. The molecule has 0 unspecified atom stereocenters. The van der Waals surface area contributed by atoms with Crippen molar-refractivity contribution in [3.8, 4) is 11.4 Å². The molecule has 1 aliphatic heterocycles. The molecule has 1 amide bonds. The van der Waals surface area contributed by atoms with Crippen LogP contribution in [0.1, 0.15) is 45.4 Å². The van der Waals surface area contributed by atoms with E-state index in [9.17, 15) is 4.79 Å². The predicted octanol–water partition coefficient (Wildman–Crippen LogP) is 4.89. The largest absolute Gasteiger partial charge is 0.342 e. The van der Waals surface area contributed by atoms with Gasteiger partial charge >= 0.3 is 0 Å². The molecule has 0 N–H and O–H groups in total. The minimum absolute atomic E-state index is 0.200. The van der Waals surface area contributed by atoms with Crippen LogP contribution in [0.25, 0.3) is 11.4 Å². The third-order valence-electron chi connectivity index (χ3n) is 4.84. The van der Waals surface area contributed by atoms with Gasteiger partial charge in [0.2, 0.25) is 5.91 Å². The maximum Gasteiger partial charge on any atom is 0.233 e. The van der Waals surface area contributed by atoms with Crippen LogP contribution in [0.4, 0.5) is 0 Å². The first-order chi connectivity index (χ1) is 13.2. The maximum atomic E-state index is 12.4. The zero-order valence-corrected chi connectivity index (χ0v) is 17.4. The molecule has 3 rings (SSSR count). The van der Waals surface area contributed by atoms with Gasteiger partial charge in [-0.25, -0.2) is 0 Å². The Balaban J connectivity index is 1.73. The number of hydrogen-bond donors (Lipinski definition) is 0. The van der Waals surface area contributed by atoms with Gasteiger partial charge in [-0.05, 0) is 43.5 Å². The summed E-state index contributed by atoms with van der Waals surface area (Å²) in [5.74, 6) is 1.47. The van der Waals surface area contributed by atoms with Crippen LogP contribution in [0.5, 0.6) is 0 Å². The van der Waals surface area contributed by atoms with Gasteiger partial charge in [-0.2, -0.15) is 0 Å². The number of halogens is 1. The molecule has 2 aromatic rings. The number of hydrogen-bond acceptors (Lipinski definition) is 4. The summed E-state index contributed by atoms with van der Waals surface area (Å²) in [6.45, 7) is 4.85. The average molecular weight is 407 g/mol. The fourth-order valence-corrected chi connectivity index (χ4v) is 4.28. The summed E-state index contributed by atoms with van der Waals surface area (Å²) in [7, 11) is 0. The second-order valence-corrected chi connectivity index (χ2v) is 8.28. The molecule has 5 nitrogen and oxygen atoms in total. The summed E-state index contributed by atoms with van der Waals surface area (Å²) in [4.78, 5) is 14.3. The molecular weight excluding hydrogens is 380 g/mol. The van der Waals surface area contributed by atoms with Crippen LogP contribution in [-0.2, 0) is 11.3 Å². The number of likely N-dealkylation sites (tertiary alicyclic amines) is 1. The Morgan fingerprint density at radius 1 is 1.11 bits per heavy atom. The Morgan fingerprint density at radius 2 is 1.85 bits per heavy atom. The molecule has 1 aliphatic rings.